The van der Waals surface area contributed by atoms with Crippen LogP contribution in [-0.4, -0.2) is 9.55 Å². The summed E-state index contributed by atoms with van der Waals surface area (Å²) in [5.74, 6) is 0. The lowest BCUT2D eigenvalue weighted by atomic mass is 9.95. The van der Waals surface area contributed by atoms with E-state index in [9.17, 15) is 0 Å². The van der Waals surface area contributed by atoms with Gasteiger partial charge in [-0.1, -0.05) is 115 Å². The largest absolute Gasteiger partial charge is 0.309 e. The molecule has 2 heteroatoms. The fourth-order valence-corrected chi connectivity index (χ4v) is 6.80. The number of hydrogen-bond acceptors (Lipinski definition) is 1. The van der Waals surface area contributed by atoms with Gasteiger partial charge in [0.2, 0.25) is 0 Å². The molecule has 41 heavy (non-hydrogen) atoms. The van der Waals surface area contributed by atoms with Crippen molar-refractivity contribution < 1.29 is 0 Å². The molecule has 0 bridgehead atoms. The fraction of sp³-hybridized carbons (Fsp3) is 0. The van der Waals surface area contributed by atoms with Gasteiger partial charge in [-0.25, -0.2) is 4.98 Å². The highest BCUT2D eigenvalue weighted by Crippen LogP contribution is 2.39. The summed E-state index contributed by atoms with van der Waals surface area (Å²) in [5, 5.41) is 11.1. The van der Waals surface area contributed by atoms with Crippen molar-refractivity contribution in [3.8, 4) is 16.9 Å². The van der Waals surface area contributed by atoms with Gasteiger partial charge in [0.15, 0.2) is 0 Å². The van der Waals surface area contributed by atoms with Gasteiger partial charge in [0.05, 0.1) is 27.9 Å². The van der Waals surface area contributed by atoms with Gasteiger partial charge in [-0.15, -0.1) is 0 Å². The van der Waals surface area contributed by atoms with Crippen LogP contribution >= 0.6 is 0 Å². The zero-order valence-corrected chi connectivity index (χ0v) is 22.3. The molecule has 9 rings (SSSR count). The van der Waals surface area contributed by atoms with Crippen LogP contribution in [0.25, 0.3) is 82.0 Å². The van der Waals surface area contributed by atoms with Gasteiger partial charge in [-0.2, -0.15) is 0 Å². The molecule has 0 amide bonds. The van der Waals surface area contributed by atoms with Crippen molar-refractivity contribution in [2.45, 2.75) is 0 Å². The maximum Gasteiger partial charge on any atom is 0.0794 e. The fourth-order valence-electron chi connectivity index (χ4n) is 6.80. The highest BCUT2D eigenvalue weighted by atomic mass is 15.0. The Hall–Kier alpha value is -5.47. The van der Waals surface area contributed by atoms with Crippen LogP contribution in [0, 0.1) is 0 Å². The van der Waals surface area contributed by atoms with Gasteiger partial charge >= 0.3 is 0 Å². The molecular formula is C39H24N2. The summed E-state index contributed by atoms with van der Waals surface area (Å²) in [7, 11) is 0. The molecule has 2 nitrogen and oxygen atoms in total. The Morgan fingerprint density at radius 3 is 1.51 bits per heavy atom. The van der Waals surface area contributed by atoms with E-state index in [1.54, 1.807) is 0 Å². The average Bonchev–Trinajstić information content (AvgIpc) is 3.38. The minimum Gasteiger partial charge on any atom is -0.309 e. The van der Waals surface area contributed by atoms with Crippen molar-refractivity contribution in [3.63, 3.8) is 0 Å². The zero-order valence-electron chi connectivity index (χ0n) is 22.3. The smallest absolute Gasteiger partial charge is 0.0794 e. The van der Waals surface area contributed by atoms with E-state index in [1.165, 1.54) is 65.2 Å². The Morgan fingerprint density at radius 2 is 0.829 bits per heavy atom. The van der Waals surface area contributed by atoms with Crippen LogP contribution in [-0.2, 0) is 0 Å². The zero-order chi connectivity index (χ0) is 26.9. The number of aromatic nitrogens is 2. The quantitative estimate of drug-likeness (QED) is 0.207. The Labute approximate surface area is 236 Å². The SMILES string of the molecule is c1cc(-n2c3ccccc3c3ccccc32)c2cccc(-c3ccc4c5ccccc5c5ccccc5c4n3)c2c1. The van der Waals surface area contributed by atoms with Crippen molar-refractivity contribution in [2.75, 3.05) is 0 Å². The third kappa shape index (κ3) is 3.16. The summed E-state index contributed by atoms with van der Waals surface area (Å²) < 4.78 is 2.41. The molecule has 0 unspecified atom stereocenters. The van der Waals surface area contributed by atoms with Crippen molar-refractivity contribution in [1.29, 1.82) is 0 Å². The number of fused-ring (bicyclic) bond motifs is 10. The van der Waals surface area contributed by atoms with Gasteiger partial charge in [0.25, 0.3) is 0 Å². The predicted octanol–water partition coefficient (Wildman–Crippen LogP) is 10.5. The summed E-state index contributed by atoms with van der Waals surface area (Å²) in [6.07, 6.45) is 0. The van der Waals surface area contributed by atoms with Gasteiger partial charge in [0, 0.05) is 32.5 Å². The van der Waals surface area contributed by atoms with Crippen LogP contribution in [0.4, 0.5) is 0 Å². The minimum atomic E-state index is 0.989. The van der Waals surface area contributed by atoms with Gasteiger partial charge in [0.1, 0.15) is 0 Å². The second-order valence-electron chi connectivity index (χ2n) is 10.7. The molecule has 0 N–H and O–H groups in total. The number of hydrogen-bond donors (Lipinski definition) is 0. The third-order valence-corrected chi connectivity index (χ3v) is 8.58. The molecule has 0 radical (unpaired) electrons. The molecule has 7 aromatic carbocycles. The Kier molecular flexibility index (Phi) is 4.64. The Morgan fingerprint density at radius 1 is 0.341 bits per heavy atom. The molecule has 9 aromatic rings. The lowest BCUT2D eigenvalue weighted by Crippen LogP contribution is -1.96. The van der Waals surface area contributed by atoms with Crippen molar-refractivity contribution in [1.82, 2.24) is 9.55 Å². The lowest BCUT2D eigenvalue weighted by molar-refractivity contribution is 1.20. The normalized spacial score (nSPS) is 11.9. The second kappa shape index (κ2) is 8.51. The van der Waals surface area contributed by atoms with Crippen LogP contribution in [0.2, 0.25) is 0 Å². The number of nitrogens with zero attached hydrogens (tertiary/aromatic N) is 2. The summed E-state index contributed by atoms with van der Waals surface area (Å²) in [6, 6.07) is 52.4. The first kappa shape index (κ1) is 22.4. The topological polar surface area (TPSA) is 17.8 Å². The van der Waals surface area contributed by atoms with E-state index in [4.69, 9.17) is 4.98 Å². The molecule has 0 spiro atoms. The summed E-state index contributed by atoms with van der Waals surface area (Å²) in [4.78, 5) is 5.36. The molecule has 0 fully saturated rings. The minimum absolute atomic E-state index is 0.989. The first-order valence-electron chi connectivity index (χ1n) is 14.1. The highest BCUT2D eigenvalue weighted by molar-refractivity contribution is 6.24. The van der Waals surface area contributed by atoms with Crippen molar-refractivity contribution in [3.05, 3.63) is 146 Å². The molecule has 2 heterocycles. The standard InChI is InChI=1S/C39H24N2/c1-2-13-27-25(11-1)26-12-3-4-16-33(26)39-34(27)23-24-35(40-39)29-18-9-19-30-28(29)17-10-22-38(30)41-36-20-7-5-14-31(36)32-15-6-8-21-37(32)41/h1-24H. The van der Waals surface area contributed by atoms with Crippen LogP contribution in [0.15, 0.2) is 146 Å². The first-order valence-corrected chi connectivity index (χ1v) is 14.1. The number of pyridine rings is 1. The van der Waals surface area contributed by atoms with Crippen LogP contribution in [0.1, 0.15) is 0 Å². The molecule has 0 aliphatic rings. The second-order valence-corrected chi connectivity index (χ2v) is 10.7. The van der Waals surface area contributed by atoms with Crippen LogP contribution < -0.4 is 0 Å². The van der Waals surface area contributed by atoms with E-state index in [-0.39, 0.29) is 0 Å². The number of rotatable bonds is 2. The van der Waals surface area contributed by atoms with E-state index in [0.717, 1.165) is 16.8 Å². The van der Waals surface area contributed by atoms with Gasteiger partial charge < -0.3 is 4.57 Å². The summed E-state index contributed by atoms with van der Waals surface area (Å²) >= 11 is 0. The molecule has 0 saturated carbocycles. The highest BCUT2D eigenvalue weighted by Gasteiger charge is 2.16. The van der Waals surface area contributed by atoms with E-state index >= 15 is 0 Å². The van der Waals surface area contributed by atoms with Gasteiger partial charge in [-0.3, -0.25) is 0 Å². The monoisotopic (exact) mass is 520 g/mol. The molecule has 0 aliphatic heterocycles. The maximum atomic E-state index is 5.36. The number of para-hydroxylation sites is 2. The van der Waals surface area contributed by atoms with Crippen molar-refractivity contribution in [2.24, 2.45) is 0 Å². The Balaban J connectivity index is 1.34. The summed E-state index contributed by atoms with van der Waals surface area (Å²) in [5.41, 5.74) is 6.79. The molecule has 0 atom stereocenters. The van der Waals surface area contributed by atoms with Crippen molar-refractivity contribution >= 4 is 65.0 Å². The average molecular weight is 521 g/mol. The van der Waals surface area contributed by atoms with Crippen LogP contribution in [0.3, 0.4) is 0 Å². The molecule has 0 aliphatic carbocycles. The van der Waals surface area contributed by atoms with E-state index in [2.05, 4.69) is 150 Å². The third-order valence-electron chi connectivity index (χ3n) is 8.58. The predicted molar refractivity (Wildman–Crippen MR) is 174 cm³/mol. The lowest BCUT2D eigenvalue weighted by Gasteiger charge is -2.15. The van der Waals surface area contributed by atoms with E-state index < -0.39 is 0 Å². The maximum absolute atomic E-state index is 5.36. The molecular weight excluding hydrogens is 496 g/mol. The first-order chi connectivity index (χ1) is 20.4. The molecule has 0 saturated heterocycles. The number of benzene rings is 7. The van der Waals surface area contributed by atoms with E-state index in [0.29, 0.717) is 0 Å². The molecule has 190 valence electrons. The van der Waals surface area contributed by atoms with Crippen LogP contribution in [0.5, 0.6) is 0 Å². The summed E-state index contributed by atoms with van der Waals surface area (Å²) in [6.45, 7) is 0. The van der Waals surface area contributed by atoms with E-state index in [1.807, 2.05) is 0 Å². The Bertz CT molecular complexity index is 2390. The van der Waals surface area contributed by atoms with Gasteiger partial charge in [-0.05, 0) is 51.9 Å². The molecule has 2 aromatic heterocycles.